The van der Waals surface area contributed by atoms with Crippen molar-refractivity contribution in [3.63, 3.8) is 0 Å². The van der Waals surface area contributed by atoms with E-state index in [9.17, 15) is 0 Å². The van der Waals surface area contributed by atoms with Crippen molar-refractivity contribution in [2.45, 2.75) is 25.0 Å². The second kappa shape index (κ2) is 5.12. The van der Waals surface area contributed by atoms with Crippen molar-refractivity contribution in [1.29, 1.82) is 5.26 Å². The number of rotatable bonds is 5. The highest BCUT2D eigenvalue weighted by atomic mass is 35.5. The van der Waals surface area contributed by atoms with E-state index in [1.807, 2.05) is 30.0 Å². The number of nitrogens with zero attached hydrogens (tertiary/aromatic N) is 1. The standard InChI is InChI=1S/C13H14ClNS/c14-12-4-2-1-3-11(12)9-16-10-13(5-6-13)7-8-15/h1-4H,5-7,9-10H2. The fourth-order valence-corrected chi connectivity index (χ4v) is 3.39. The third-order valence-corrected chi connectivity index (χ3v) is 4.74. The minimum absolute atomic E-state index is 0.334. The summed E-state index contributed by atoms with van der Waals surface area (Å²) in [5.74, 6) is 2.04. The first kappa shape index (κ1) is 11.8. The molecule has 1 aliphatic carbocycles. The molecule has 0 radical (unpaired) electrons. The molecule has 0 saturated heterocycles. The Labute approximate surface area is 106 Å². The maximum absolute atomic E-state index is 8.72. The maximum Gasteiger partial charge on any atom is 0.0627 e. The predicted octanol–water partition coefficient (Wildman–Crippen LogP) is 4.27. The summed E-state index contributed by atoms with van der Waals surface area (Å²) in [4.78, 5) is 0. The summed E-state index contributed by atoms with van der Waals surface area (Å²) in [6.07, 6.45) is 3.15. The highest BCUT2D eigenvalue weighted by Gasteiger charge is 2.41. The van der Waals surface area contributed by atoms with Gasteiger partial charge in [0, 0.05) is 22.9 Å². The molecule has 0 aliphatic heterocycles. The van der Waals surface area contributed by atoms with Gasteiger partial charge in [0.05, 0.1) is 6.07 Å². The van der Waals surface area contributed by atoms with Crippen LogP contribution >= 0.6 is 23.4 Å². The first-order valence-electron chi connectivity index (χ1n) is 5.44. The highest BCUT2D eigenvalue weighted by molar-refractivity contribution is 7.98. The second-order valence-corrected chi connectivity index (χ2v) is 5.81. The van der Waals surface area contributed by atoms with Crippen LogP contribution < -0.4 is 0 Å². The number of hydrogen-bond donors (Lipinski definition) is 0. The molecule has 0 amide bonds. The Bertz CT molecular complexity index is 407. The van der Waals surface area contributed by atoms with Crippen molar-refractivity contribution in [3.8, 4) is 6.07 Å². The van der Waals surface area contributed by atoms with E-state index in [0.29, 0.717) is 11.8 Å². The molecular formula is C13H14ClNS. The Balaban J connectivity index is 1.81. The van der Waals surface area contributed by atoms with Crippen LogP contribution in [0.2, 0.25) is 5.02 Å². The fraction of sp³-hybridized carbons (Fsp3) is 0.462. The molecule has 3 heteroatoms. The number of benzene rings is 1. The largest absolute Gasteiger partial charge is 0.198 e. The van der Waals surface area contributed by atoms with Crippen LogP contribution in [0.15, 0.2) is 24.3 Å². The molecule has 1 fully saturated rings. The average Bonchev–Trinajstić information content (AvgIpc) is 3.02. The molecule has 2 rings (SSSR count). The topological polar surface area (TPSA) is 23.8 Å². The first-order chi connectivity index (χ1) is 7.76. The van der Waals surface area contributed by atoms with Gasteiger partial charge in [0.2, 0.25) is 0 Å². The number of hydrogen-bond acceptors (Lipinski definition) is 2. The summed E-state index contributed by atoms with van der Waals surface area (Å²) in [5, 5.41) is 9.57. The minimum atomic E-state index is 0.334. The molecule has 0 N–H and O–H groups in total. The van der Waals surface area contributed by atoms with Gasteiger partial charge >= 0.3 is 0 Å². The maximum atomic E-state index is 8.72. The Morgan fingerprint density at radius 1 is 1.38 bits per heavy atom. The molecule has 0 heterocycles. The molecule has 1 saturated carbocycles. The fourth-order valence-electron chi connectivity index (χ4n) is 1.71. The van der Waals surface area contributed by atoms with Crippen molar-refractivity contribution in [3.05, 3.63) is 34.9 Å². The van der Waals surface area contributed by atoms with E-state index in [0.717, 1.165) is 16.5 Å². The molecule has 1 aliphatic rings. The van der Waals surface area contributed by atoms with Crippen LogP contribution in [0, 0.1) is 16.7 Å². The zero-order valence-electron chi connectivity index (χ0n) is 9.08. The van der Waals surface area contributed by atoms with Gasteiger partial charge in [-0.1, -0.05) is 29.8 Å². The molecule has 0 atom stereocenters. The average molecular weight is 252 g/mol. The van der Waals surface area contributed by atoms with Crippen LogP contribution in [-0.4, -0.2) is 5.75 Å². The highest BCUT2D eigenvalue weighted by Crippen LogP contribution is 2.51. The van der Waals surface area contributed by atoms with E-state index in [2.05, 4.69) is 12.1 Å². The SMILES string of the molecule is N#CCC1(CSCc2ccccc2Cl)CC1. The summed E-state index contributed by atoms with van der Waals surface area (Å²) >= 11 is 7.98. The minimum Gasteiger partial charge on any atom is -0.198 e. The van der Waals surface area contributed by atoms with Gasteiger partial charge in [-0.2, -0.15) is 17.0 Å². The molecule has 0 unspecified atom stereocenters. The van der Waals surface area contributed by atoms with Crippen LogP contribution in [0.5, 0.6) is 0 Å². The number of nitriles is 1. The third kappa shape index (κ3) is 2.93. The predicted molar refractivity (Wildman–Crippen MR) is 69.5 cm³/mol. The molecule has 1 nitrogen and oxygen atoms in total. The molecule has 0 spiro atoms. The summed E-state index contributed by atoms with van der Waals surface area (Å²) < 4.78 is 0. The zero-order valence-corrected chi connectivity index (χ0v) is 10.7. The number of thioether (sulfide) groups is 1. The van der Waals surface area contributed by atoms with E-state index in [4.69, 9.17) is 16.9 Å². The van der Waals surface area contributed by atoms with Crippen LogP contribution in [0.3, 0.4) is 0 Å². The lowest BCUT2D eigenvalue weighted by Crippen LogP contribution is -2.02. The molecule has 0 aromatic heterocycles. The Hall–Kier alpha value is -0.650. The zero-order chi connectivity index (χ0) is 11.4. The third-order valence-electron chi connectivity index (χ3n) is 3.03. The lowest BCUT2D eigenvalue weighted by molar-refractivity contribution is 0.604. The van der Waals surface area contributed by atoms with Crippen molar-refractivity contribution in [1.82, 2.24) is 0 Å². The van der Waals surface area contributed by atoms with Gasteiger partial charge < -0.3 is 0 Å². The quantitative estimate of drug-likeness (QED) is 0.781. The second-order valence-electron chi connectivity index (χ2n) is 4.42. The summed E-state index contributed by atoms with van der Waals surface area (Å²) in [6.45, 7) is 0. The smallest absolute Gasteiger partial charge is 0.0627 e. The molecular weight excluding hydrogens is 238 g/mol. The van der Waals surface area contributed by atoms with Crippen LogP contribution in [-0.2, 0) is 5.75 Å². The van der Waals surface area contributed by atoms with Gasteiger partial charge in [-0.05, 0) is 29.9 Å². The van der Waals surface area contributed by atoms with E-state index in [1.54, 1.807) is 0 Å². The molecule has 84 valence electrons. The van der Waals surface area contributed by atoms with Gasteiger partial charge in [-0.3, -0.25) is 0 Å². The van der Waals surface area contributed by atoms with Gasteiger partial charge in [0.15, 0.2) is 0 Å². The van der Waals surface area contributed by atoms with Crippen molar-refractivity contribution in [2.75, 3.05) is 5.75 Å². The monoisotopic (exact) mass is 251 g/mol. The van der Waals surface area contributed by atoms with E-state index in [1.165, 1.54) is 18.4 Å². The molecule has 1 aromatic rings. The van der Waals surface area contributed by atoms with E-state index in [-0.39, 0.29) is 0 Å². The Kier molecular flexibility index (Phi) is 3.78. The van der Waals surface area contributed by atoms with Crippen molar-refractivity contribution in [2.24, 2.45) is 5.41 Å². The van der Waals surface area contributed by atoms with Crippen molar-refractivity contribution < 1.29 is 0 Å². The van der Waals surface area contributed by atoms with Gasteiger partial charge in [0.1, 0.15) is 0 Å². The van der Waals surface area contributed by atoms with Gasteiger partial charge in [-0.15, -0.1) is 0 Å². The lowest BCUT2D eigenvalue weighted by Gasteiger charge is -2.10. The van der Waals surface area contributed by atoms with E-state index >= 15 is 0 Å². The number of halogens is 1. The normalized spacial score (nSPS) is 16.8. The van der Waals surface area contributed by atoms with Crippen LogP contribution in [0.4, 0.5) is 0 Å². The van der Waals surface area contributed by atoms with Crippen molar-refractivity contribution >= 4 is 23.4 Å². The molecule has 0 bridgehead atoms. The van der Waals surface area contributed by atoms with Gasteiger partial charge in [0.25, 0.3) is 0 Å². The first-order valence-corrected chi connectivity index (χ1v) is 6.97. The summed E-state index contributed by atoms with van der Waals surface area (Å²) in [6, 6.07) is 10.3. The lowest BCUT2D eigenvalue weighted by atomic mass is 10.1. The van der Waals surface area contributed by atoms with Crippen LogP contribution in [0.25, 0.3) is 0 Å². The van der Waals surface area contributed by atoms with Gasteiger partial charge in [-0.25, -0.2) is 0 Å². The Morgan fingerprint density at radius 2 is 2.12 bits per heavy atom. The van der Waals surface area contributed by atoms with E-state index < -0.39 is 0 Å². The molecule has 16 heavy (non-hydrogen) atoms. The summed E-state index contributed by atoms with van der Waals surface area (Å²) in [5.41, 5.74) is 1.53. The summed E-state index contributed by atoms with van der Waals surface area (Å²) in [7, 11) is 0. The Morgan fingerprint density at radius 3 is 2.75 bits per heavy atom. The van der Waals surface area contributed by atoms with Crippen LogP contribution in [0.1, 0.15) is 24.8 Å². The molecule has 1 aromatic carbocycles.